The summed E-state index contributed by atoms with van der Waals surface area (Å²) in [6.45, 7) is 5.04. The number of ether oxygens (including phenoxy) is 2. The second kappa shape index (κ2) is 11.9. The van der Waals surface area contributed by atoms with E-state index in [2.05, 4.69) is 18.8 Å². The van der Waals surface area contributed by atoms with Crippen molar-refractivity contribution in [3.63, 3.8) is 0 Å². The molecule has 34 heavy (non-hydrogen) atoms. The Bertz CT molecular complexity index is 1070. The fourth-order valence-electron chi connectivity index (χ4n) is 3.92. The van der Waals surface area contributed by atoms with Gasteiger partial charge >= 0.3 is 5.97 Å². The highest BCUT2D eigenvalue weighted by Crippen LogP contribution is 2.30. The molecular formula is C26H34N4O4. The molecule has 1 N–H and O–H groups in total. The van der Waals surface area contributed by atoms with Crippen LogP contribution in [0, 0.1) is 0 Å². The molecule has 2 aromatic heterocycles. The van der Waals surface area contributed by atoms with E-state index in [0.717, 1.165) is 49.2 Å². The lowest BCUT2D eigenvalue weighted by Crippen LogP contribution is -2.32. The molecular weight excluding hydrogens is 432 g/mol. The quantitative estimate of drug-likeness (QED) is 0.351. The molecule has 0 saturated heterocycles. The van der Waals surface area contributed by atoms with Crippen molar-refractivity contribution in [2.24, 2.45) is 0 Å². The van der Waals surface area contributed by atoms with Gasteiger partial charge in [0.15, 0.2) is 0 Å². The van der Waals surface area contributed by atoms with Gasteiger partial charge in [0.1, 0.15) is 5.82 Å². The molecule has 182 valence electrons. The van der Waals surface area contributed by atoms with Gasteiger partial charge in [-0.15, -0.1) is 0 Å². The number of aryl methyl sites for hydroxylation is 1. The van der Waals surface area contributed by atoms with Crippen molar-refractivity contribution in [1.29, 1.82) is 0 Å². The van der Waals surface area contributed by atoms with E-state index in [9.17, 15) is 9.90 Å². The van der Waals surface area contributed by atoms with Crippen molar-refractivity contribution in [3.05, 3.63) is 65.4 Å². The van der Waals surface area contributed by atoms with Crippen LogP contribution in [0.5, 0.6) is 0 Å². The first kappa shape index (κ1) is 25.5. The summed E-state index contributed by atoms with van der Waals surface area (Å²) in [7, 11) is 3.26. The number of aromatic carboxylic acids is 1. The third-order valence-corrected chi connectivity index (χ3v) is 5.96. The first-order valence-corrected chi connectivity index (χ1v) is 11.8. The van der Waals surface area contributed by atoms with E-state index in [-0.39, 0.29) is 5.56 Å². The van der Waals surface area contributed by atoms with Crippen molar-refractivity contribution in [2.45, 2.75) is 64.7 Å². The summed E-state index contributed by atoms with van der Waals surface area (Å²) < 4.78 is 13.5. The second-order valence-electron chi connectivity index (χ2n) is 8.27. The van der Waals surface area contributed by atoms with Crippen LogP contribution < -0.4 is 0 Å². The number of carboxylic acid groups (broad SMARTS) is 1. The van der Waals surface area contributed by atoms with Gasteiger partial charge in [-0.25, -0.2) is 14.5 Å². The Kier molecular flexibility index (Phi) is 8.90. The van der Waals surface area contributed by atoms with Crippen LogP contribution in [0.1, 0.15) is 73.5 Å². The molecule has 0 fully saturated rings. The van der Waals surface area contributed by atoms with E-state index in [1.807, 2.05) is 28.9 Å². The summed E-state index contributed by atoms with van der Waals surface area (Å²) in [5.74, 6) is -0.562. The molecule has 0 radical (unpaired) electrons. The molecule has 8 nitrogen and oxygen atoms in total. The van der Waals surface area contributed by atoms with Crippen LogP contribution in [-0.4, -0.2) is 45.0 Å². The topological polar surface area (TPSA) is 99.4 Å². The smallest absolute Gasteiger partial charge is 0.337 e. The summed E-state index contributed by atoms with van der Waals surface area (Å²) in [6, 6.07) is 10.9. The number of rotatable bonds is 13. The number of benzene rings is 1. The van der Waals surface area contributed by atoms with E-state index in [1.165, 1.54) is 0 Å². The summed E-state index contributed by atoms with van der Waals surface area (Å²) in [4.78, 5) is 20.7. The maximum absolute atomic E-state index is 11.5. The summed E-state index contributed by atoms with van der Waals surface area (Å²) in [5.41, 5.74) is 2.44. The maximum Gasteiger partial charge on any atom is 0.337 e. The number of unbranched alkanes of at least 4 members (excludes halogenated alkanes) is 2. The maximum atomic E-state index is 11.5. The first-order chi connectivity index (χ1) is 16.5. The number of methoxy groups -OCH3 is 2. The molecule has 1 aromatic carbocycles. The summed E-state index contributed by atoms with van der Waals surface area (Å²) in [5, 5.41) is 14.2. The minimum absolute atomic E-state index is 0.182. The largest absolute Gasteiger partial charge is 0.478 e. The molecule has 3 aromatic rings. The Morgan fingerprint density at radius 2 is 1.76 bits per heavy atom. The molecule has 3 rings (SSSR count). The lowest BCUT2D eigenvalue weighted by Gasteiger charge is -2.27. The van der Waals surface area contributed by atoms with Crippen LogP contribution >= 0.6 is 0 Å². The summed E-state index contributed by atoms with van der Waals surface area (Å²) in [6.07, 6.45) is 6.87. The van der Waals surface area contributed by atoms with Crippen LogP contribution in [0.4, 0.5) is 0 Å². The van der Waals surface area contributed by atoms with E-state index >= 15 is 0 Å². The number of carboxylic acids is 1. The Morgan fingerprint density at radius 3 is 2.38 bits per heavy atom. The average molecular weight is 467 g/mol. The van der Waals surface area contributed by atoms with E-state index in [4.69, 9.17) is 19.6 Å². The van der Waals surface area contributed by atoms with Gasteiger partial charge in [0.05, 0.1) is 11.3 Å². The Hall–Kier alpha value is -3.10. The zero-order valence-corrected chi connectivity index (χ0v) is 20.5. The molecule has 0 aliphatic carbocycles. The molecule has 0 saturated carbocycles. The minimum atomic E-state index is -0.994. The third kappa shape index (κ3) is 5.69. The molecule has 0 unspecified atom stereocenters. The van der Waals surface area contributed by atoms with E-state index in [1.54, 1.807) is 32.5 Å². The lowest BCUT2D eigenvalue weighted by molar-refractivity contribution is -0.226. The van der Waals surface area contributed by atoms with Gasteiger partial charge in [0, 0.05) is 45.4 Å². The van der Waals surface area contributed by atoms with Gasteiger partial charge in [-0.1, -0.05) is 51.0 Å². The zero-order valence-electron chi connectivity index (χ0n) is 20.5. The zero-order chi connectivity index (χ0) is 24.6. The van der Waals surface area contributed by atoms with Gasteiger partial charge in [-0.05, 0) is 30.5 Å². The molecule has 0 amide bonds. The van der Waals surface area contributed by atoms with Gasteiger partial charge in [-0.3, -0.25) is 4.98 Å². The number of hydrogen-bond donors (Lipinski definition) is 1. The number of carbonyl (C=O) groups is 1. The van der Waals surface area contributed by atoms with Crippen LogP contribution in [0.15, 0.2) is 42.6 Å². The predicted octanol–water partition coefficient (Wildman–Crippen LogP) is 5.07. The predicted molar refractivity (Wildman–Crippen MR) is 130 cm³/mol. The first-order valence-electron chi connectivity index (χ1n) is 11.8. The Balaban J connectivity index is 1.90. The van der Waals surface area contributed by atoms with Gasteiger partial charge in [0.25, 0.3) is 0 Å². The van der Waals surface area contributed by atoms with E-state index in [0.29, 0.717) is 24.4 Å². The SMILES string of the molecule is CCCCn1nc(C(CCCC)(OC)OC)nc1Cc1ccc(-c2ncccc2C(=O)O)cc1. The number of pyridine rings is 1. The van der Waals surface area contributed by atoms with Crippen molar-refractivity contribution < 1.29 is 19.4 Å². The number of aromatic nitrogens is 4. The fraction of sp³-hybridized carbons (Fsp3) is 0.462. The van der Waals surface area contributed by atoms with Crippen LogP contribution in [-0.2, 0) is 28.2 Å². The standard InChI is InChI=1S/C26H34N4O4/c1-5-7-15-26(33-3,34-4)25-28-22(30(29-25)17-8-6-2)18-19-11-13-20(14-12-19)23-21(24(31)32)10-9-16-27-23/h9-14,16H,5-8,15,17-18H2,1-4H3,(H,31,32). The fourth-order valence-corrected chi connectivity index (χ4v) is 3.92. The van der Waals surface area contributed by atoms with Gasteiger partial charge in [0.2, 0.25) is 11.6 Å². The average Bonchev–Trinajstić information content (AvgIpc) is 3.27. The summed E-state index contributed by atoms with van der Waals surface area (Å²) >= 11 is 0. The number of nitrogens with zero attached hydrogens (tertiary/aromatic N) is 4. The monoisotopic (exact) mass is 466 g/mol. The highest BCUT2D eigenvalue weighted by Gasteiger charge is 2.37. The molecule has 0 bridgehead atoms. The lowest BCUT2D eigenvalue weighted by atomic mass is 10.0. The minimum Gasteiger partial charge on any atom is -0.478 e. The molecule has 8 heteroatoms. The van der Waals surface area contributed by atoms with E-state index < -0.39 is 11.8 Å². The highest BCUT2D eigenvalue weighted by molar-refractivity contribution is 5.94. The molecule has 0 atom stereocenters. The van der Waals surface area contributed by atoms with Gasteiger partial charge in [-0.2, -0.15) is 5.10 Å². The molecule has 0 aliphatic heterocycles. The Morgan fingerprint density at radius 1 is 1.06 bits per heavy atom. The van der Waals surface area contributed by atoms with Crippen molar-refractivity contribution in [3.8, 4) is 11.3 Å². The van der Waals surface area contributed by atoms with Crippen LogP contribution in [0.25, 0.3) is 11.3 Å². The van der Waals surface area contributed by atoms with Crippen molar-refractivity contribution >= 4 is 5.97 Å². The van der Waals surface area contributed by atoms with Gasteiger partial charge < -0.3 is 14.6 Å². The molecule has 2 heterocycles. The normalized spacial score (nSPS) is 11.6. The van der Waals surface area contributed by atoms with Crippen LogP contribution in [0.3, 0.4) is 0 Å². The molecule has 0 aliphatic rings. The second-order valence-corrected chi connectivity index (χ2v) is 8.27. The highest BCUT2D eigenvalue weighted by atomic mass is 16.7. The number of hydrogen-bond acceptors (Lipinski definition) is 6. The third-order valence-electron chi connectivity index (χ3n) is 5.96. The molecule has 0 spiro atoms. The van der Waals surface area contributed by atoms with Crippen molar-refractivity contribution in [1.82, 2.24) is 19.7 Å². The Labute approximate surface area is 201 Å². The van der Waals surface area contributed by atoms with Crippen LogP contribution in [0.2, 0.25) is 0 Å². The van der Waals surface area contributed by atoms with Crippen molar-refractivity contribution in [2.75, 3.05) is 14.2 Å².